The van der Waals surface area contributed by atoms with Crippen molar-refractivity contribution in [2.24, 2.45) is 0 Å². The summed E-state index contributed by atoms with van der Waals surface area (Å²) in [6, 6.07) is 19.2. The number of carbonyl (C=O) groups is 1. The Kier molecular flexibility index (Phi) is 7.61. The van der Waals surface area contributed by atoms with Crippen LogP contribution in [0.5, 0.6) is 11.5 Å². The molecule has 9 heteroatoms. The second-order valence-corrected chi connectivity index (χ2v) is 8.94. The van der Waals surface area contributed by atoms with Crippen LogP contribution < -0.4 is 19.5 Å². The van der Waals surface area contributed by atoms with Crippen molar-refractivity contribution < 1.29 is 22.7 Å². The molecule has 0 saturated heterocycles. The van der Waals surface area contributed by atoms with Gasteiger partial charge in [-0.1, -0.05) is 24.6 Å². The lowest BCUT2D eigenvalue weighted by Gasteiger charge is -2.17. The molecule has 0 fully saturated rings. The molecule has 0 spiro atoms. The number of benzene rings is 3. The monoisotopic (exact) mass is 474 g/mol. The van der Waals surface area contributed by atoms with Gasteiger partial charge in [-0.15, -0.1) is 0 Å². The molecule has 168 valence electrons. The molecule has 0 aromatic heterocycles. The zero-order valence-corrected chi connectivity index (χ0v) is 19.1. The van der Waals surface area contributed by atoms with E-state index in [-0.39, 0.29) is 10.8 Å². The Bertz CT molecular complexity index is 1170. The number of carbonyl (C=O) groups excluding carboxylic acids is 1. The van der Waals surface area contributed by atoms with Crippen molar-refractivity contribution in [3.63, 3.8) is 0 Å². The summed E-state index contributed by atoms with van der Waals surface area (Å²) in [5, 5.41) is 3.25. The van der Waals surface area contributed by atoms with E-state index in [9.17, 15) is 13.2 Å². The van der Waals surface area contributed by atoms with Gasteiger partial charge in [0.05, 0.1) is 12.0 Å². The van der Waals surface area contributed by atoms with E-state index >= 15 is 0 Å². The molecule has 2 N–H and O–H groups in total. The molecule has 0 aliphatic rings. The third-order valence-corrected chi connectivity index (χ3v) is 6.14. The van der Waals surface area contributed by atoms with Crippen LogP contribution in [0.15, 0.2) is 77.7 Å². The molecule has 0 aliphatic heterocycles. The van der Waals surface area contributed by atoms with Crippen molar-refractivity contribution in [3.05, 3.63) is 77.8 Å². The number of nitrogens with one attached hydrogen (secondary N) is 2. The zero-order chi connectivity index (χ0) is 23.1. The van der Waals surface area contributed by atoms with Gasteiger partial charge in [-0.3, -0.25) is 9.52 Å². The van der Waals surface area contributed by atoms with Crippen molar-refractivity contribution in [2.45, 2.75) is 24.3 Å². The van der Waals surface area contributed by atoms with Crippen LogP contribution in [0, 0.1) is 0 Å². The lowest BCUT2D eigenvalue weighted by molar-refractivity contribution is -0.122. The fraction of sp³-hybridized carbons (Fsp3) is 0.174. The molecule has 3 aromatic carbocycles. The van der Waals surface area contributed by atoms with Gasteiger partial charge in [-0.25, -0.2) is 8.42 Å². The molecule has 1 atom stereocenters. The van der Waals surface area contributed by atoms with Crippen molar-refractivity contribution >= 4 is 38.9 Å². The fourth-order valence-corrected chi connectivity index (χ4v) is 4.08. The van der Waals surface area contributed by atoms with E-state index in [1.54, 1.807) is 48.5 Å². The standard InChI is InChI=1S/C23H23ClN2O5S/c1-3-22(31-20-6-4-5-16(24)15-20)23(27)25-17-9-13-21(14-10-17)32(28,29)26-18-7-11-19(30-2)12-8-18/h4-15,22,26H,3H2,1-2H3,(H,25,27)/t22-/m0/s1. The van der Waals surface area contributed by atoms with E-state index in [4.69, 9.17) is 21.1 Å². The van der Waals surface area contributed by atoms with Crippen molar-refractivity contribution in [1.82, 2.24) is 0 Å². The molecular weight excluding hydrogens is 452 g/mol. The van der Waals surface area contributed by atoms with Gasteiger partial charge in [0.25, 0.3) is 15.9 Å². The topological polar surface area (TPSA) is 93.7 Å². The second kappa shape index (κ2) is 10.4. The molecule has 3 rings (SSSR count). The minimum absolute atomic E-state index is 0.0635. The molecule has 3 aromatic rings. The van der Waals surface area contributed by atoms with Gasteiger partial charge in [0.1, 0.15) is 11.5 Å². The highest BCUT2D eigenvalue weighted by Crippen LogP contribution is 2.22. The largest absolute Gasteiger partial charge is 0.497 e. The summed E-state index contributed by atoms with van der Waals surface area (Å²) < 4.78 is 38.5. The van der Waals surface area contributed by atoms with Crippen LogP contribution >= 0.6 is 11.6 Å². The number of halogens is 1. The summed E-state index contributed by atoms with van der Waals surface area (Å²) in [6.45, 7) is 1.83. The van der Waals surface area contributed by atoms with Crippen LogP contribution in [0.2, 0.25) is 5.02 Å². The maximum Gasteiger partial charge on any atom is 0.265 e. The first kappa shape index (κ1) is 23.4. The number of hydrogen-bond donors (Lipinski definition) is 2. The summed E-state index contributed by atoms with van der Waals surface area (Å²) >= 11 is 5.96. The van der Waals surface area contributed by atoms with E-state index in [1.165, 1.54) is 31.4 Å². The van der Waals surface area contributed by atoms with E-state index in [0.29, 0.717) is 34.3 Å². The summed E-state index contributed by atoms with van der Waals surface area (Å²) in [6.07, 6.45) is -0.287. The number of amides is 1. The zero-order valence-electron chi connectivity index (χ0n) is 17.5. The molecule has 7 nitrogen and oxygen atoms in total. The normalized spacial score (nSPS) is 12.0. The molecule has 1 amide bonds. The lowest BCUT2D eigenvalue weighted by atomic mass is 10.2. The molecule has 0 saturated carbocycles. The fourth-order valence-electron chi connectivity index (χ4n) is 2.84. The molecule has 0 radical (unpaired) electrons. The van der Waals surface area contributed by atoms with Crippen LogP contribution in [0.25, 0.3) is 0 Å². The summed E-state index contributed by atoms with van der Waals surface area (Å²) in [5.41, 5.74) is 0.860. The maximum atomic E-state index is 12.6. The highest BCUT2D eigenvalue weighted by atomic mass is 35.5. The molecule has 0 unspecified atom stereocenters. The van der Waals surface area contributed by atoms with Gasteiger partial charge < -0.3 is 14.8 Å². The van der Waals surface area contributed by atoms with Gasteiger partial charge in [0.2, 0.25) is 0 Å². The van der Waals surface area contributed by atoms with Crippen LogP contribution in [0.1, 0.15) is 13.3 Å². The highest BCUT2D eigenvalue weighted by Gasteiger charge is 2.19. The van der Waals surface area contributed by atoms with Gasteiger partial charge >= 0.3 is 0 Å². The lowest BCUT2D eigenvalue weighted by Crippen LogP contribution is -2.32. The van der Waals surface area contributed by atoms with E-state index in [0.717, 1.165) is 0 Å². The van der Waals surface area contributed by atoms with Crippen LogP contribution in [0.3, 0.4) is 0 Å². The highest BCUT2D eigenvalue weighted by molar-refractivity contribution is 7.92. The van der Waals surface area contributed by atoms with Crippen molar-refractivity contribution in [2.75, 3.05) is 17.1 Å². The number of rotatable bonds is 9. The average Bonchev–Trinajstić information content (AvgIpc) is 2.78. The molecule has 0 bridgehead atoms. The molecular formula is C23H23ClN2O5S. The third kappa shape index (κ3) is 6.15. The summed E-state index contributed by atoms with van der Waals surface area (Å²) in [4.78, 5) is 12.7. The Morgan fingerprint density at radius 2 is 1.62 bits per heavy atom. The predicted octanol–water partition coefficient (Wildman–Crippen LogP) is 4.95. The second-order valence-electron chi connectivity index (χ2n) is 6.82. The van der Waals surface area contributed by atoms with Crippen LogP contribution in [-0.4, -0.2) is 27.5 Å². The van der Waals surface area contributed by atoms with E-state index < -0.39 is 16.1 Å². The Hall–Kier alpha value is -3.23. The number of sulfonamides is 1. The predicted molar refractivity (Wildman–Crippen MR) is 125 cm³/mol. The molecule has 0 heterocycles. The third-order valence-electron chi connectivity index (χ3n) is 4.51. The molecule has 0 aliphatic carbocycles. The Morgan fingerprint density at radius 3 is 2.22 bits per heavy atom. The number of hydrogen-bond acceptors (Lipinski definition) is 5. The Balaban J connectivity index is 1.65. The first-order chi connectivity index (χ1) is 15.3. The van der Waals surface area contributed by atoms with Crippen LogP contribution in [0.4, 0.5) is 11.4 Å². The Morgan fingerprint density at radius 1 is 0.969 bits per heavy atom. The number of methoxy groups -OCH3 is 1. The van der Waals surface area contributed by atoms with Gasteiger partial charge in [-0.05, 0) is 73.2 Å². The minimum Gasteiger partial charge on any atom is -0.497 e. The van der Waals surface area contributed by atoms with E-state index in [2.05, 4.69) is 10.0 Å². The smallest absolute Gasteiger partial charge is 0.265 e. The van der Waals surface area contributed by atoms with E-state index in [1.807, 2.05) is 6.92 Å². The van der Waals surface area contributed by atoms with Crippen LogP contribution in [-0.2, 0) is 14.8 Å². The maximum absolute atomic E-state index is 12.6. The number of anilines is 2. The Labute approximate surface area is 192 Å². The van der Waals surface area contributed by atoms with Gasteiger partial charge in [-0.2, -0.15) is 0 Å². The average molecular weight is 475 g/mol. The molecule has 32 heavy (non-hydrogen) atoms. The van der Waals surface area contributed by atoms with Gasteiger partial charge in [0, 0.05) is 16.4 Å². The summed E-state index contributed by atoms with van der Waals surface area (Å²) in [7, 11) is -2.25. The van der Waals surface area contributed by atoms with Crippen molar-refractivity contribution in [3.8, 4) is 11.5 Å². The summed E-state index contributed by atoms with van der Waals surface area (Å²) in [5.74, 6) is 0.766. The van der Waals surface area contributed by atoms with Gasteiger partial charge in [0.15, 0.2) is 6.10 Å². The minimum atomic E-state index is -3.78. The first-order valence-corrected chi connectivity index (χ1v) is 11.7. The SMILES string of the molecule is CC[C@H](Oc1cccc(Cl)c1)C(=O)Nc1ccc(S(=O)(=O)Nc2ccc(OC)cc2)cc1. The van der Waals surface area contributed by atoms with Crippen molar-refractivity contribution in [1.29, 1.82) is 0 Å². The quantitative estimate of drug-likeness (QED) is 0.458. The first-order valence-electron chi connectivity index (χ1n) is 9.81. The number of ether oxygens (including phenoxy) is 2.